The second-order valence-corrected chi connectivity index (χ2v) is 7.64. The molecule has 150 valence electrons. The molecule has 0 aliphatic carbocycles. The number of carbonyl (C=O) groups is 3. The predicted octanol–water partition coefficient (Wildman–Crippen LogP) is 0.323. The van der Waals surface area contributed by atoms with E-state index in [-0.39, 0.29) is 5.91 Å². The van der Waals surface area contributed by atoms with Gasteiger partial charge in [-0.1, -0.05) is 48.0 Å². The van der Waals surface area contributed by atoms with E-state index in [1.165, 1.54) is 7.11 Å². The van der Waals surface area contributed by atoms with Gasteiger partial charge < -0.3 is 15.2 Å². The topological polar surface area (TPSA) is 101 Å². The summed E-state index contributed by atoms with van der Waals surface area (Å²) < 4.78 is 4.95. The van der Waals surface area contributed by atoms with Crippen molar-refractivity contribution in [2.75, 3.05) is 18.6 Å². The summed E-state index contributed by atoms with van der Waals surface area (Å²) in [7, 11) is 1.22. The maximum Gasteiger partial charge on any atom is 0.371 e. The average molecular weight is 395 g/mol. The van der Waals surface area contributed by atoms with Crippen LogP contribution in [0.5, 0.6) is 0 Å². The smallest absolute Gasteiger partial charge is 0.371 e. The summed E-state index contributed by atoms with van der Waals surface area (Å²) in [4.78, 5) is 40.7. The van der Waals surface area contributed by atoms with Gasteiger partial charge in [-0.2, -0.15) is 0 Å². The highest BCUT2D eigenvalue weighted by atomic mass is 16.5. The molecule has 2 aliphatic heterocycles. The molecule has 4 atom stereocenters. The number of anilines is 1. The third-order valence-electron chi connectivity index (χ3n) is 6.07. The van der Waals surface area contributed by atoms with E-state index < -0.39 is 41.9 Å². The van der Waals surface area contributed by atoms with Crippen molar-refractivity contribution in [3.05, 3.63) is 65.7 Å². The number of fused-ring (bicyclic) bond motifs is 1. The number of quaternary nitrogens is 1. The zero-order chi connectivity index (χ0) is 20.8. The second-order valence-electron chi connectivity index (χ2n) is 7.64. The normalized spacial score (nSPS) is 28.5. The van der Waals surface area contributed by atoms with Gasteiger partial charge in [-0.3, -0.25) is 9.59 Å². The fraction of sp³-hybridized carbons (Fsp3) is 0.318. The quantitative estimate of drug-likeness (QED) is 0.574. The first-order valence-corrected chi connectivity index (χ1v) is 9.49. The van der Waals surface area contributed by atoms with Crippen LogP contribution in [0.3, 0.4) is 0 Å². The van der Waals surface area contributed by atoms with Crippen LogP contribution in [0.1, 0.15) is 17.2 Å². The number of aliphatic hydroxyl groups is 1. The molecule has 4 rings (SSSR count). The van der Waals surface area contributed by atoms with Crippen LogP contribution in [-0.2, 0) is 19.1 Å². The van der Waals surface area contributed by atoms with Crippen LogP contribution in [0.25, 0.3) is 0 Å². The molecule has 0 spiro atoms. The van der Waals surface area contributed by atoms with Crippen molar-refractivity contribution in [2.24, 2.45) is 11.8 Å². The average Bonchev–Trinajstić information content (AvgIpc) is 3.23. The van der Waals surface area contributed by atoms with Gasteiger partial charge >= 0.3 is 5.97 Å². The Hall–Kier alpha value is -3.03. The molecule has 0 aromatic heterocycles. The minimum atomic E-state index is -1.56. The summed E-state index contributed by atoms with van der Waals surface area (Å²) in [6.07, 6.45) is 0. The molecule has 2 fully saturated rings. The monoisotopic (exact) mass is 395 g/mol. The largest absolute Gasteiger partial charge is 0.464 e. The summed E-state index contributed by atoms with van der Waals surface area (Å²) >= 11 is 0. The second kappa shape index (κ2) is 7.09. The van der Waals surface area contributed by atoms with Gasteiger partial charge in [0.2, 0.25) is 17.4 Å². The van der Waals surface area contributed by atoms with Crippen LogP contribution in [0.15, 0.2) is 54.6 Å². The number of hydrogen-bond acceptors (Lipinski definition) is 5. The number of amides is 2. The lowest BCUT2D eigenvalue weighted by atomic mass is 9.79. The van der Waals surface area contributed by atoms with Gasteiger partial charge in [-0.05, 0) is 19.1 Å². The maximum atomic E-state index is 13.4. The molecular formula is C22H23N2O5+. The number of aliphatic hydroxyl groups excluding tert-OH is 1. The third kappa shape index (κ3) is 2.77. The van der Waals surface area contributed by atoms with Gasteiger partial charge in [-0.15, -0.1) is 0 Å². The molecule has 2 aromatic carbocycles. The van der Waals surface area contributed by atoms with Crippen molar-refractivity contribution in [3.8, 4) is 0 Å². The number of nitrogens with two attached hydrogens (primary N) is 1. The molecule has 2 aromatic rings. The number of ether oxygens (including phenoxy) is 1. The number of carbonyl (C=O) groups excluding carboxylic acids is 3. The van der Waals surface area contributed by atoms with Gasteiger partial charge in [0, 0.05) is 5.56 Å². The molecule has 2 saturated heterocycles. The molecule has 0 bridgehead atoms. The van der Waals surface area contributed by atoms with E-state index in [0.717, 1.165) is 16.0 Å². The first-order valence-electron chi connectivity index (χ1n) is 9.49. The zero-order valence-electron chi connectivity index (χ0n) is 16.2. The molecule has 29 heavy (non-hydrogen) atoms. The molecule has 2 aliphatic rings. The highest BCUT2D eigenvalue weighted by Crippen LogP contribution is 2.45. The van der Waals surface area contributed by atoms with Crippen LogP contribution in [-0.4, -0.2) is 42.1 Å². The molecule has 0 radical (unpaired) electrons. The van der Waals surface area contributed by atoms with Crippen molar-refractivity contribution >= 4 is 23.5 Å². The summed E-state index contributed by atoms with van der Waals surface area (Å²) in [5, 5.41) is 11.9. The molecular weight excluding hydrogens is 372 g/mol. The Labute approximate surface area is 168 Å². The Morgan fingerprint density at radius 1 is 1.10 bits per heavy atom. The van der Waals surface area contributed by atoms with Gasteiger partial charge in [0.05, 0.1) is 12.8 Å². The molecule has 0 unspecified atom stereocenters. The number of aryl methyl sites for hydroxylation is 1. The predicted molar refractivity (Wildman–Crippen MR) is 104 cm³/mol. The van der Waals surface area contributed by atoms with E-state index >= 15 is 0 Å². The summed E-state index contributed by atoms with van der Waals surface area (Å²) in [5.41, 5.74) is 0.771. The van der Waals surface area contributed by atoms with Gasteiger partial charge in [0.15, 0.2) is 0 Å². The first kappa shape index (κ1) is 19.3. The van der Waals surface area contributed by atoms with Crippen molar-refractivity contribution in [1.29, 1.82) is 0 Å². The number of para-hydroxylation sites is 1. The Balaban J connectivity index is 1.85. The lowest BCUT2D eigenvalue weighted by Crippen LogP contribution is -2.99. The van der Waals surface area contributed by atoms with E-state index in [0.29, 0.717) is 5.69 Å². The zero-order valence-corrected chi connectivity index (χ0v) is 16.2. The van der Waals surface area contributed by atoms with Gasteiger partial charge in [0.1, 0.15) is 24.5 Å². The lowest BCUT2D eigenvalue weighted by Gasteiger charge is -2.27. The fourth-order valence-corrected chi connectivity index (χ4v) is 4.65. The number of imide groups is 1. The Morgan fingerprint density at radius 3 is 2.34 bits per heavy atom. The highest BCUT2D eigenvalue weighted by Gasteiger charge is 2.72. The number of hydrogen-bond donors (Lipinski definition) is 2. The molecule has 0 saturated carbocycles. The van der Waals surface area contributed by atoms with Gasteiger partial charge in [0.25, 0.3) is 0 Å². The SMILES string of the molecule is COC(=O)[C@@]1(CO)[NH2+][C@@H](c2ccc(C)cc2)[C@H]2C(=O)N(c3ccccc3)C(=O)[C@H]21. The Bertz CT molecular complexity index is 959. The minimum absolute atomic E-state index is 0.368. The van der Waals surface area contributed by atoms with Crippen LogP contribution in [0.2, 0.25) is 0 Å². The fourth-order valence-electron chi connectivity index (χ4n) is 4.65. The molecule has 2 heterocycles. The van der Waals surface area contributed by atoms with Crippen LogP contribution < -0.4 is 10.2 Å². The van der Waals surface area contributed by atoms with Crippen LogP contribution in [0.4, 0.5) is 5.69 Å². The number of rotatable bonds is 4. The summed E-state index contributed by atoms with van der Waals surface area (Å²) in [5.74, 6) is -3.36. The Kier molecular flexibility index (Phi) is 4.72. The van der Waals surface area contributed by atoms with E-state index in [1.807, 2.05) is 31.2 Å². The molecule has 7 heteroatoms. The third-order valence-corrected chi connectivity index (χ3v) is 6.07. The van der Waals surface area contributed by atoms with Crippen molar-refractivity contribution in [1.82, 2.24) is 0 Å². The lowest BCUT2D eigenvalue weighted by molar-refractivity contribution is -0.735. The van der Waals surface area contributed by atoms with Gasteiger partial charge in [-0.25, -0.2) is 9.69 Å². The van der Waals surface area contributed by atoms with E-state index in [1.54, 1.807) is 35.6 Å². The number of esters is 1. The van der Waals surface area contributed by atoms with Crippen molar-refractivity contribution in [3.63, 3.8) is 0 Å². The Morgan fingerprint density at radius 2 is 1.76 bits per heavy atom. The van der Waals surface area contributed by atoms with Crippen LogP contribution >= 0.6 is 0 Å². The molecule has 2 amide bonds. The van der Waals surface area contributed by atoms with Crippen molar-refractivity contribution in [2.45, 2.75) is 18.5 Å². The first-order chi connectivity index (χ1) is 13.9. The standard InChI is InChI=1S/C22H22N2O5/c1-13-8-10-14(11-9-13)18-16-17(22(12-25,23-18)21(28)29-2)20(27)24(19(16)26)15-6-4-3-5-7-15/h3-11,16-18,23,25H,12H2,1-2H3/p+1/t16-,17-,18-,22-/m0/s1. The number of benzene rings is 2. The number of nitrogens with zero attached hydrogens (tertiary/aromatic N) is 1. The van der Waals surface area contributed by atoms with E-state index in [2.05, 4.69) is 0 Å². The summed E-state index contributed by atoms with van der Waals surface area (Å²) in [6, 6.07) is 15.8. The van der Waals surface area contributed by atoms with Crippen LogP contribution in [0, 0.1) is 18.8 Å². The maximum absolute atomic E-state index is 13.4. The molecule has 7 nitrogen and oxygen atoms in total. The molecule has 3 N–H and O–H groups in total. The van der Waals surface area contributed by atoms with Crippen molar-refractivity contribution < 1.29 is 29.5 Å². The number of methoxy groups -OCH3 is 1. The highest BCUT2D eigenvalue weighted by molar-refractivity contribution is 6.23. The van der Waals surface area contributed by atoms with E-state index in [9.17, 15) is 19.5 Å². The summed E-state index contributed by atoms with van der Waals surface area (Å²) in [6.45, 7) is 1.35. The minimum Gasteiger partial charge on any atom is -0.464 e. The van der Waals surface area contributed by atoms with E-state index in [4.69, 9.17) is 4.74 Å².